The molecule has 0 atom stereocenters. The molecule has 4 aromatic rings. The van der Waals surface area contributed by atoms with E-state index in [0.29, 0.717) is 33.6 Å². The number of benzene rings is 2. The van der Waals surface area contributed by atoms with Crippen LogP contribution < -0.4 is 19.5 Å². The first-order chi connectivity index (χ1) is 20.8. The topological polar surface area (TPSA) is 112 Å². The van der Waals surface area contributed by atoms with Crippen LogP contribution in [0.15, 0.2) is 30.3 Å². The summed E-state index contributed by atoms with van der Waals surface area (Å²) in [5, 5.41) is 4.20. The van der Waals surface area contributed by atoms with Gasteiger partial charge in [0.25, 0.3) is 5.91 Å². The highest BCUT2D eigenvalue weighted by Crippen LogP contribution is 2.41. The van der Waals surface area contributed by atoms with Gasteiger partial charge in [-0.25, -0.2) is 4.98 Å². The number of aromatic nitrogens is 2. The molecule has 2 aromatic carbocycles. The first kappa shape index (κ1) is 30.4. The van der Waals surface area contributed by atoms with Crippen LogP contribution in [0.2, 0.25) is 0 Å². The monoisotopic (exact) mass is 605 g/mol. The number of methoxy groups -OCH3 is 4. The van der Waals surface area contributed by atoms with Crippen LogP contribution in [0.3, 0.4) is 0 Å². The lowest BCUT2D eigenvalue weighted by Gasteiger charge is -2.21. The van der Waals surface area contributed by atoms with Crippen molar-refractivity contribution in [2.24, 2.45) is 5.92 Å². The number of aryl methyl sites for hydroxylation is 2. The van der Waals surface area contributed by atoms with Crippen molar-refractivity contribution in [3.63, 3.8) is 0 Å². The van der Waals surface area contributed by atoms with Crippen molar-refractivity contribution in [3.05, 3.63) is 52.0 Å². The van der Waals surface area contributed by atoms with E-state index in [0.717, 1.165) is 45.7 Å². The van der Waals surface area contributed by atoms with E-state index in [1.807, 2.05) is 31.2 Å². The molecule has 0 spiro atoms. The van der Waals surface area contributed by atoms with Crippen LogP contribution in [0.25, 0.3) is 22.2 Å². The lowest BCUT2D eigenvalue weighted by Crippen LogP contribution is -2.16. The molecule has 0 radical (unpaired) electrons. The number of carbonyl (C=O) groups is 2. The largest absolute Gasteiger partial charge is 0.497 e. The lowest BCUT2D eigenvalue weighted by atomic mass is 9.86. The standard InChI is InChI=1S/C33H39N3O6S/c1-19-15-27(41-4)24(17-26(19)40-3)30-28(14-11-20-9-7-6-8-10-20)43-33(35-30)36-32(38)31-23(18-29(37)42-5)22-16-21(39-2)12-13-25(22)34-31/h12-13,15-17,20,34H,6-11,14,18H2,1-5H3,(H,35,36,38). The van der Waals surface area contributed by atoms with Gasteiger partial charge < -0.3 is 23.9 Å². The Morgan fingerprint density at radius 3 is 2.47 bits per heavy atom. The van der Waals surface area contributed by atoms with Crippen molar-refractivity contribution in [3.8, 4) is 28.5 Å². The number of nitrogens with one attached hydrogen (secondary N) is 2. The van der Waals surface area contributed by atoms with Gasteiger partial charge in [0.1, 0.15) is 22.9 Å². The second-order valence-electron chi connectivity index (χ2n) is 11.0. The summed E-state index contributed by atoms with van der Waals surface area (Å²) >= 11 is 1.48. The quantitative estimate of drug-likeness (QED) is 0.175. The number of fused-ring (bicyclic) bond motifs is 1. The van der Waals surface area contributed by atoms with Crippen LogP contribution in [0.4, 0.5) is 5.13 Å². The zero-order valence-electron chi connectivity index (χ0n) is 25.4. The molecule has 5 rings (SSSR count). The van der Waals surface area contributed by atoms with Gasteiger partial charge in [0.15, 0.2) is 5.13 Å². The second kappa shape index (κ2) is 13.5. The molecule has 0 bridgehead atoms. The van der Waals surface area contributed by atoms with E-state index in [1.165, 1.54) is 50.6 Å². The molecule has 0 saturated heterocycles. The molecule has 1 saturated carbocycles. The Hall–Kier alpha value is -4.05. The maximum absolute atomic E-state index is 13.8. The average molecular weight is 606 g/mol. The molecule has 1 aliphatic carbocycles. The molecular formula is C33H39N3O6S. The number of esters is 1. The smallest absolute Gasteiger partial charge is 0.310 e. The molecular weight excluding hydrogens is 566 g/mol. The van der Waals surface area contributed by atoms with Gasteiger partial charge in [0.05, 0.1) is 40.6 Å². The first-order valence-electron chi connectivity index (χ1n) is 14.6. The molecule has 1 aliphatic rings. The third-order valence-electron chi connectivity index (χ3n) is 8.28. The predicted molar refractivity (Wildman–Crippen MR) is 169 cm³/mol. The van der Waals surface area contributed by atoms with Crippen molar-refractivity contribution >= 4 is 39.2 Å². The Labute approximate surface area is 255 Å². The molecule has 1 fully saturated rings. The zero-order chi connectivity index (χ0) is 30.5. The number of H-pyrrole nitrogens is 1. The van der Waals surface area contributed by atoms with Crippen molar-refractivity contribution in [2.75, 3.05) is 33.8 Å². The molecule has 0 unspecified atom stereocenters. The minimum atomic E-state index is -0.445. The van der Waals surface area contributed by atoms with E-state index >= 15 is 0 Å². The number of thiazole rings is 1. The van der Waals surface area contributed by atoms with Gasteiger partial charge in [-0.3, -0.25) is 14.9 Å². The number of carbonyl (C=O) groups excluding carboxylic acids is 2. The minimum Gasteiger partial charge on any atom is -0.497 e. The number of amides is 1. The Balaban J connectivity index is 1.52. The minimum absolute atomic E-state index is 0.0669. The molecule has 0 aliphatic heterocycles. The molecule has 1 amide bonds. The van der Waals surface area contributed by atoms with Gasteiger partial charge in [-0.1, -0.05) is 32.1 Å². The molecule has 10 heteroatoms. The number of hydrogen-bond donors (Lipinski definition) is 2. The molecule has 2 aromatic heterocycles. The van der Waals surface area contributed by atoms with Gasteiger partial charge >= 0.3 is 5.97 Å². The van der Waals surface area contributed by atoms with Gasteiger partial charge in [0, 0.05) is 26.9 Å². The summed E-state index contributed by atoms with van der Waals surface area (Å²) in [7, 11) is 6.20. The maximum atomic E-state index is 13.8. The van der Waals surface area contributed by atoms with E-state index in [-0.39, 0.29) is 18.0 Å². The summed E-state index contributed by atoms with van der Waals surface area (Å²) in [6.45, 7) is 1.98. The molecule has 2 heterocycles. The van der Waals surface area contributed by atoms with Crippen LogP contribution in [0, 0.1) is 12.8 Å². The first-order valence-corrected chi connectivity index (χ1v) is 15.5. The summed E-state index contributed by atoms with van der Waals surface area (Å²) in [4.78, 5) is 35.3. The SMILES string of the molecule is COC(=O)Cc1c(C(=O)Nc2nc(-c3cc(OC)c(C)cc3OC)c(CCC3CCCCC3)s2)[nH]c2ccc(OC)cc12. The third-order valence-corrected chi connectivity index (χ3v) is 9.31. The summed E-state index contributed by atoms with van der Waals surface area (Å²) in [5.74, 6) is 1.93. The molecule has 9 nitrogen and oxygen atoms in total. The normalized spacial score (nSPS) is 13.6. The number of rotatable bonds is 11. The molecule has 228 valence electrons. The highest BCUT2D eigenvalue weighted by molar-refractivity contribution is 7.16. The zero-order valence-corrected chi connectivity index (χ0v) is 26.2. The van der Waals surface area contributed by atoms with Gasteiger partial charge in [-0.05, 0) is 61.6 Å². The van der Waals surface area contributed by atoms with E-state index < -0.39 is 5.97 Å². The fourth-order valence-corrected chi connectivity index (χ4v) is 6.93. The maximum Gasteiger partial charge on any atom is 0.310 e. The molecule has 2 N–H and O–H groups in total. The van der Waals surface area contributed by atoms with Crippen molar-refractivity contribution in [1.29, 1.82) is 0 Å². The van der Waals surface area contributed by atoms with Crippen LogP contribution in [0.5, 0.6) is 17.2 Å². The van der Waals surface area contributed by atoms with Crippen molar-refractivity contribution in [1.82, 2.24) is 9.97 Å². The number of nitrogens with zero attached hydrogens (tertiary/aromatic N) is 1. The number of aromatic amines is 1. The van der Waals surface area contributed by atoms with E-state index in [2.05, 4.69) is 10.3 Å². The van der Waals surface area contributed by atoms with Crippen LogP contribution >= 0.6 is 11.3 Å². The van der Waals surface area contributed by atoms with E-state index in [4.69, 9.17) is 23.9 Å². The Morgan fingerprint density at radius 1 is 1.00 bits per heavy atom. The summed E-state index contributed by atoms with van der Waals surface area (Å²) in [5.41, 5.74) is 4.10. The van der Waals surface area contributed by atoms with Gasteiger partial charge in [-0.2, -0.15) is 0 Å². The third kappa shape index (κ3) is 6.64. The van der Waals surface area contributed by atoms with Crippen LogP contribution in [-0.4, -0.2) is 50.3 Å². The van der Waals surface area contributed by atoms with Gasteiger partial charge in [0.2, 0.25) is 0 Å². The predicted octanol–water partition coefficient (Wildman–Crippen LogP) is 7.11. The fraction of sp³-hybridized carbons (Fsp3) is 0.424. The fourth-order valence-electron chi connectivity index (χ4n) is 5.94. The summed E-state index contributed by atoms with van der Waals surface area (Å²) in [6, 6.07) is 9.35. The number of hydrogen-bond acceptors (Lipinski definition) is 8. The summed E-state index contributed by atoms with van der Waals surface area (Å²) in [6.07, 6.45) is 8.26. The van der Waals surface area contributed by atoms with E-state index in [9.17, 15) is 9.59 Å². The van der Waals surface area contributed by atoms with Crippen LogP contribution in [-0.2, 0) is 22.4 Å². The van der Waals surface area contributed by atoms with Crippen molar-refractivity contribution < 1.29 is 28.5 Å². The average Bonchev–Trinajstić information content (AvgIpc) is 3.60. The highest BCUT2D eigenvalue weighted by atomic mass is 32.1. The number of anilines is 1. The Morgan fingerprint density at radius 2 is 1.77 bits per heavy atom. The van der Waals surface area contributed by atoms with E-state index in [1.54, 1.807) is 27.4 Å². The van der Waals surface area contributed by atoms with Crippen molar-refractivity contribution in [2.45, 2.75) is 58.3 Å². The highest BCUT2D eigenvalue weighted by Gasteiger charge is 2.25. The lowest BCUT2D eigenvalue weighted by molar-refractivity contribution is -0.139. The molecule has 43 heavy (non-hydrogen) atoms. The van der Waals surface area contributed by atoms with Gasteiger partial charge in [-0.15, -0.1) is 11.3 Å². The Kier molecular flexibility index (Phi) is 9.55. The number of ether oxygens (including phenoxy) is 4. The summed E-state index contributed by atoms with van der Waals surface area (Å²) < 4.78 is 21.7. The Bertz CT molecular complexity index is 1620. The second-order valence-corrected chi connectivity index (χ2v) is 12.0. The van der Waals surface area contributed by atoms with Crippen LogP contribution in [0.1, 0.15) is 65.0 Å².